The molecule has 0 radical (unpaired) electrons. The van der Waals surface area contributed by atoms with E-state index in [4.69, 9.17) is 10.5 Å². The first-order valence-electron chi connectivity index (χ1n) is 6.59. The van der Waals surface area contributed by atoms with Gasteiger partial charge in [-0.25, -0.2) is 12.8 Å². The number of rotatable bonds is 2. The van der Waals surface area contributed by atoms with Crippen LogP contribution in [0.2, 0.25) is 0 Å². The summed E-state index contributed by atoms with van der Waals surface area (Å²) >= 11 is 0. The third-order valence-electron chi connectivity index (χ3n) is 3.92. The van der Waals surface area contributed by atoms with E-state index in [1.807, 2.05) is 0 Å². The summed E-state index contributed by atoms with van der Waals surface area (Å²) in [5.41, 5.74) is 5.72. The van der Waals surface area contributed by atoms with Crippen LogP contribution < -0.4 is 5.73 Å². The zero-order chi connectivity index (χ0) is 14.5. The van der Waals surface area contributed by atoms with E-state index in [1.54, 1.807) is 6.92 Å². The molecule has 2 bridgehead atoms. The summed E-state index contributed by atoms with van der Waals surface area (Å²) in [7, 11) is -3.65. The monoisotopic (exact) mass is 300 g/mol. The number of nitrogens with two attached hydrogens (primary N) is 1. The molecule has 0 spiro atoms. The standard InChI is InChI=1S/C13H17FN2O3S/c1-8-4-11(14)12(15)5-13(8)20(17,18)16-6-9-2-3-10(7-16)19-9/h4-5,9-10H,2-3,6-7,15H2,1H3. The number of nitrogen functional groups attached to an aromatic ring is 1. The van der Waals surface area contributed by atoms with Crippen molar-refractivity contribution >= 4 is 15.7 Å². The Kier molecular flexibility index (Phi) is 3.23. The minimum absolute atomic E-state index is 0.0263. The van der Waals surface area contributed by atoms with Crippen molar-refractivity contribution in [3.63, 3.8) is 0 Å². The molecule has 20 heavy (non-hydrogen) atoms. The van der Waals surface area contributed by atoms with Gasteiger partial charge in [0.1, 0.15) is 5.82 Å². The fourth-order valence-electron chi connectivity index (χ4n) is 2.86. The van der Waals surface area contributed by atoms with Gasteiger partial charge in [-0.05, 0) is 37.5 Å². The predicted molar refractivity (Wildman–Crippen MR) is 72.2 cm³/mol. The molecule has 2 heterocycles. The van der Waals surface area contributed by atoms with Crippen molar-refractivity contribution < 1.29 is 17.5 Å². The molecule has 5 nitrogen and oxygen atoms in total. The third kappa shape index (κ3) is 2.19. The van der Waals surface area contributed by atoms with E-state index in [2.05, 4.69) is 0 Å². The van der Waals surface area contributed by atoms with Crippen LogP contribution in [0.1, 0.15) is 18.4 Å². The van der Waals surface area contributed by atoms with Gasteiger partial charge in [0, 0.05) is 13.1 Å². The normalized spacial score (nSPS) is 26.9. The predicted octanol–water partition coefficient (Wildman–Crippen LogP) is 1.27. The van der Waals surface area contributed by atoms with Crippen LogP contribution in [0, 0.1) is 12.7 Å². The highest BCUT2D eigenvalue weighted by molar-refractivity contribution is 7.89. The Balaban J connectivity index is 1.98. The Labute approximate surface area is 117 Å². The van der Waals surface area contributed by atoms with Crippen LogP contribution >= 0.6 is 0 Å². The van der Waals surface area contributed by atoms with E-state index in [9.17, 15) is 12.8 Å². The van der Waals surface area contributed by atoms with Crippen LogP contribution in [0.5, 0.6) is 0 Å². The van der Waals surface area contributed by atoms with Crippen molar-refractivity contribution in [1.82, 2.24) is 4.31 Å². The molecular weight excluding hydrogens is 283 g/mol. The summed E-state index contributed by atoms with van der Waals surface area (Å²) in [6.45, 7) is 2.29. The third-order valence-corrected chi connectivity index (χ3v) is 5.90. The van der Waals surface area contributed by atoms with Crippen molar-refractivity contribution in [1.29, 1.82) is 0 Å². The van der Waals surface area contributed by atoms with E-state index in [0.717, 1.165) is 18.9 Å². The highest BCUT2D eigenvalue weighted by atomic mass is 32.2. The van der Waals surface area contributed by atoms with Crippen LogP contribution in [-0.2, 0) is 14.8 Å². The molecule has 0 aliphatic carbocycles. The molecule has 2 atom stereocenters. The zero-order valence-electron chi connectivity index (χ0n) is 11.2. The molecule has 1 aromatic rings. The van der Waals surface area contributed by atoms with Gasteiger partial charge in [-0.2, -0.15) is 4.31 Å². The number of sulfonamides is 1. The molecule has 2 aliphatic heterocycles. The average Bonchev–Trinajstić information content (AvgIpc) is 2.72. The zero-order valence-corrected chi connectivity index (χ0v) is 12.0. The number of halogens is 1. The van der Waals surface area contributed by atoms with E-state index in [-0.39, 0.29) is 22.8 Å². The van der Waals surface area contributed by atoms with Gasteiger partial charge < -0.3 is 10.5 Å². The maximum atomic E-state index is 13.4. The van der Waals surface area contributed by atoms with Crippen molar-refractivity contribution in [3.05, 3.63) is 23.5 Å². The van der Waals surface area contributed by atoms with E-state index in [1.165, 1.54) is 10.4 Å². The Morgan fingerprint density at radius 1 is 1.30 bits per heavy atom. The smallest absolute Gasteiger partial charge is 0.243 e. The highest BCUT2D eigenvalue weighted by Gasteiger charge is 2.39. The number of fused-ring (bicyclic) bond motifs is 2. The Hall–Kier alpha value is -1.18. The molecule has 7 heteroatoms. The minimum Gasteiger partial charge on any atom is -0.396 e. The van der Waals surface area contributed by atoms with Crippen LogP contribution in [0.3, 0.4) is 0 Å². The minimum atomic E-state index is -3.65. The second-order valence-corrected chi connectivity index (χ2v) is 7.33. The Morgan fingerprint density at radius 3 is 2.50 bits per heavy atom. The summed E-state index contributed by atoms with van der Waals surface area (Å²) in [5, 5.41) is 0. The molecule has 2 unspecified atom stereocenters. The molecule has 2 aliphatic rings. The van der Waals surface area contributed by atoms with Gasteiger partial charge in [-0.1, -0.05) is 0 Å². The molecule has 110 valence electrons. The largest absolute Gasteiger partial charge is 0.396 e. The lowest BCUT2D eigenvalue weighted by Crippen LogP contribution is -2.45. The SMILES string of the molecule is Cc1cc(F)c(N)cc1S(=O)(=O)N1CC2CCC(C1)O2. The first kappa shape index (κ1) is 13.8. The summed E-state index contributed by atoms with van der Waals surface area (Å²) in [6.07, 6.45) is 1.73. The summed E-state index contributed by atoms with van der Waals surface area (Å²) < 4.78 is 45.8. The second kappa shape index (κ2) is 4.68. The maximum absolute atomic E-state index is 13.4. The quantitative estimate of drug-likeness (QED) is 0.835. The average molecular weight is 300 g/mol. The van der Waals surface area contributed by atoms with Crippen molar-refractivity contribution in [2.24, 2.45) is 0 Å². The molecule has 1 aromatic carbocycles. The molecule has 3 rings (SSSR count). The molecule has 0 amide bonds. The first-order chi connectivity index (χ1) is 9.38. The van der Waals surface area contributed by atoms with Crippen molar-refractivity contribution in [2.45, 2.75) is 36.9 Å². The first-order valence-corrected chi connectivity index (χ1v) is 8.03. The van der Waals surface area contributed by atoms with Crippen molar-refractivity contribution in [2.75, 3.05) is 18.8 Å². The summed E-state index contributed by atoms with van der Waals surface area (Å²) in [5.74, 6) is -0.594. The number of hydrogen-bond acceptors (Lipinski definition) is 4. The molecule has 0 aromatic heterocycles. The summed E-state index contributed by atoms with van der Waals surface area (Å²) in [6, 6.07) is 2.37. The van der Waals surface area contributed by atoms with Gasteiger partial charge in [-0.15, -0.1) is 0 Å². The molecule has 2 N–H and O–H groups in total. The number of benzene rings is 1. The van der Waals surface area contributed by atoms with E-state index < -0.39 is 15.8 Å². The fraction of sp³-hybridized carbons (Fsp3) is 0.538. The van der Waals surface area contributed by atoms with Crippen molar-refractivity contribution in [3.8, 4) is 0 Å². The maximum Gasteiger partial charge on any atom is 0.243 e. The lowest BCUT2D eigenvalue weighted by atomic mass is 10.2. The number of anilines is 1. The Morgan fingerprint density at radius 2 is 1.90 bits per heavy atom. The number of aryl methyl sites for hydroxylation is 1. The van der Waals surface area contributed by atoms with Gasteiger partial charge in [0.15, 0.2) is 0 Å². The van der Waals surface area contributed by atoms with E-state index in [0.29, 0.717) is 18.7 Å². The van der Waals surface area contributed by atoms with Gasteiger partial charge in [0.05, 0.1) is 22.8 Å². The van der Waals surface area contributed by atoms with Gasteiger partial charge in [0.2, 0.25) is 10.0 Å². The number of ether oxygens (including phenoxy) is 1. The molecule has 0 saturated carbocycles. The second-order valence-electron chi connectivity index (χ2n) is 5.42. The highest BCUT2D eigenvalue weighted by Crippen LogP contribution is 2.31. The summed E-state index contributed by atoms with van der Waals surface area (Å²) in [4.78, 5) is 0.0812. The van der Waals surface area contributed by atoms with Gasteiger partial charge in [-0.3, -0.25) is 0 Å². The molecular formula is C13H17FN2O3S. The van der Waals surface area contributed by atoms with Gasteiger partial charge >= 0.3 is 0 Å². The lowest BCUT2D eigenvalue weighted by Gasteiger charge is -2.31. The fourth-order valence-corrected chi connectivity index (χ4v) is 4.60. The van der Waals surface area contributed by atoms with Crippen LogP contribution in [0.25, 0.3) is 0 Å². The Bertz CT molecular complexity index is 635. The number of hydrogen-bond donors (Lipinski definition) is 1. The molecule has 2 saturated heterocycles. The lowest BCUT2D eigenvalue weighted by molar-refractivity contribution is -0.0114. The topological polar surface area (TPSA) is 72.6 Å². The molecule has 2 fully saturated rings. The van der Waals surface area contributed by atoms with Crippen LogP contribution in [0.15, 0.2) is 17.0 Å². The number of morpholine rings is 1. The van der Waals surface area contributed by atoms with Gasteiger partial charge in [0.25, 0.3) is 0 Å². The van der Waals surface area contributed by atoms with Crippen LogP contribution in [0.4, 0.5) is 10.1 Å². The number of nitrogens with zero attached hydrogens (tertiary/aromatic N) is 1. The van der Waals surface area contributed by atoms with Crippen LogP contribution in [-0.4, -0.2) is 38.0 Å². The van der Waals surface area contributed by atoms with E-state index >= 15 is 0 Å².